The van der Waals surface area contributed by atoms with Crippen molar-refractivity contribution in [1.82, 2.24) is 0 Å². The predicted molar refractivity (Wildman–Crippen MR) is 78.0 cm³/mol. The molecule has 2 rings (SSSR count). The van der Waals surface area contributed by atoms with E-state index in [1.807, 2.05) is 24.3 Å². The average molecular weight is 321 g/mol. The summed E-state index contributed by atoms with van der Waals surface area (Å²) in [7, 11) is 0. The third-order valence-corrected chi connectivity index (χ3v) is 3.65. The molecule has 0 aliphatic heterocycles. The van der Waals surface area contributed by atoms with Crippen LogP contribution in [0.3, 0.4) is 0 Å². The van der Waals surface area contributed by atoms with Crippen molar-refractivity contribution < 1.29 is 9.18 Å². The Bertz CT molecular complexity index is 590. The molecular weight excluding hydrogens is 307 g/mol. The Kier molecular flexibility index (Phi) is 4.48. The van der Waals surface area contributed by atoms with E-state index in [4.69, 9.17) is 0 Å². The number of rotatable bonds is 4. The number of carbonyl (C=O) groups is 1. The largest absolute Gasteiger partial charge is 0.294 e. The van der Waals surface area contributed by atoms with E-state index in [0.717, 1.165) is 12.0 Å². The lowest BCUT2D eigenvalue weighted by atomic mass is 10.0. The van der Waals surface area contributed by atoms with Crippen LogP contribution in [0.1, 0.15) is 28.4 Å². The normalized spacial score (nSPS) is 10.5. The van der Waals surface area contributed by atoms with Gasteiger partial charge in [-0.1, -0.05) is 31.2 Å². The van der Waals surface area contributed by atoms with Crippen molar-refractivity contribution >= 4 is 21.7 Å². The van der Waals surface area contributed by atoms with Crippen LogP contribution in [-0.4, -0.2) is 5.78 Å². The Morgan fingerprint density at radius 2 is 1.74 bits per heavy atom. The van der Waals surface area contributed by atoms with Gasteiger partial charge >= 0.3 is 0 Å². The Labute approximate surface area is 120 Å². The van der Waals surface area contributed by atoms with Gasteiger partial charge in [-0.3, -0.25) is 4.79 Å². The molecule has 0 saturated heterocycles. The van der Waals surface area contributed by atoms with Gasteiger partial charge in [0.05, 0.1) is 4.47 Å². The van der Waals surface area contributed by atoms with Gasteiger partial charge in [-0.05, 0) is 51.7 Å². The van der Waals surface area contributed by atoms with Crippen LogP contribution < -0.4 is 0 Å². The van der Waals surface area contributed by atoms with E-state index in [1.54, 1.807) is 0 Å². The summed E-state index contributed by atoms with van der Waals surface area (Å²) >= 11 is 3.09. The van der Waals surface area contributed by atoms with Crippen molar-refractivity contribution in [2.45, 2.75) is 19.8 Å². The minimum absolute atomic E-state index is 0.00931. The number of hydrogen-bond acceptors (Lipinski definition) is 1. The maximum atomic E-state index is 13.1. The number of halogens is 2. The van der Waals surface area contributed by atoms with Gasteiger partial charge < -0.3 is 0 Å². The molecule has 1 nitrogen and oxygen atoms in total. The van der Waals surface area contributed by atoms with Crippen LogP contribution in [0.25, 0.3) is 0 Å². The summed E-state index contributed by atoms with van der Waals surface area (Å²) < 4.78 is 13.4. The van der Waals surface area contributed by atoms with E-state index in [2.05, 4.69) is 22.9 Å². The third-order valence-electron chi connectivity index (χ3n) is 3.04. The minimum Gasteiger partial charge on any atom is -0.294 e. The maximum absolute atomic E-state index is 13.1. The lowest BCUT2D eigenvalue weighted by molar-refractivity contribution is 0.0993. The second-order valence-corrected chi connectivity index (χ2v) is 5.25. The molecule has 98 valence electrons. The molecule has 0 unspecified atom stereocenters. The molecule has 0 bridgehead atoms. The van der Waals surface area contributed by atoms with Gasteiger partial charge in [0.15, 0.2) is 5.78 Å². The van der Waals surface area contributed by atoms with Crippen LogP contribution in [0.5, 0.6) is 0 Å². The van der Waals surface area contributed by atoms with Gasteiger partial charge in [-0.25, -0.2) is 4.39 Å². The molecule has 3 heteroatoms. The highest BCUT2D eigenvalue weighted by Gasteiger charge is 2.09. The molecular formula is C16H14BrFO. The summed E-state index contributed by atoms with van der Waals surface area (Å²) in [5.74, 6) is -0.367. The Morgan fingerprint density at radius 3 is 2.32 bits per heavy atom. The molecule has 0 N–H and O–H groups in total. The fourth-order valence-corrected chi connectivity index (χ4v) is 2.23. The summed E-state index contributed by atoms with van der Waals surface area (Å²) in [6.45, 7) is 2.09. The molecule has 0 radical (unpaired) electrons. The van der Waals surface area contributed by atoms with Gasteiger partial charge in [-0.2, -0.15) is 0 Å². The number of hydrogen-bond donors (Lipinski definition) is 0. The highest BCUT2D eigenvalue weighted by Crippen LogP contribution is 2.18. The lowest BCUT2D eigenvalue weighted by Crippen LogP contribution is -2.04. The fourth-order valence-electron chi connectivity index (χ4n) is 1.85. The quantitative estimate of drug-likeness (QED) is 0.754. The van der Waals surface area contributed by atoms with Crippen LogP contribution in [0.2, 0.25) is 0 Å². The molecule has 0 amide bonds. The molecule has 0 saturated carbocycles. The highest BCUT2D eigenvalue weighted by molar-refractivity contribution is 9.10. The van der Waals surface area contributed by atoms with Crippen molar-refractivity contribution in [3.8, 4) is 0 Å². The Morgan fingerprint density at radius 1 is 1.11 bits per heavy atom. The van der Waals surface area contributed by atoms with Gasteiger partial charge in [0.1, 0.15) is 5.82 Å². The average Bonchev–Trinajstić information content (AvgIpc) is 2.42. The Hall–Kier alpha value is -1.48. The zero-order chi connectivity index (χ0) is 13.8. The molecule has 0 aliphatic rings. The first kappa shape index (κ1) is 13.9. The number of carbonyl (C=O) groups excluding carboxylic acids is 1. The zero-order valence-electron chi connectivity index (χ0n) is 10.6. The second kappa shape index (κ2) is 6.11. The molecule has 2 aromatic carbocycles. The predicted octanol–water partition coefficient (Wildman–Crippen LogP) is 4.58. The summed E-state index contributed by atoms with van der Waals surface area (Å²) in [6, 6.07) is 12.3. The van der Waals surface area contributed by atoms with Gasteiger partial charge in [0.25, 0.3) is 0 Å². The van der Waals surface area contributed by atoms with Crippen molar-refractivity contribution in [1.29, 1.82) is 0 Å². The smallest absolute Gasteiger partial charge is 0.167 e. The van der Waals surface area contributed by atoms with E-state index < -0.39 is 0 Å². The van der Waals surface area contributed by atoms with Crippen molar-refractivity contribution in [3.05, 3.63) is 69.4 Å². The maximum Gasteiger partial charge on any atom is 0.167 e. The second-order valence-electron chi connectivity index (χ2n) is 4.40. The molecule has 0 heterocycles. The van der Waals surface area contributed by atoms with Crippen molar-refractivity contribution in [2.75, 3.05) is 0 Å². The van der Waals surface area contributed by atoms with Gasteiger partial charge in [0.2, 0.25) is 0 Å². The van der Waals surface area contributed by atoms with Crippen LogP contribution in [0.4, 0.5) is 4.39 Å². The minimum atomic E-state index is -0.358. The molecule has 0 fully saturated rings. The number of Topliss-reactive ketones (excluding diaryl/α,β-unsaturated/α-hetero) is 1. The summed E-state index contributed by atoms with van der Waals surface area (Å²) in [5, 5.41) is 0. The zero-order valence-corrected chi connectivity index (χ0v) is 12.2. The lowest BCUT2D eigenvalue weighted by Gasteiger charge is -2.04. The number of ketones is 1. The topological polar surface area (TPSA) is 17.1 Å². The van der Waals surface area contributed by atoms with Crippen molar-refractivity contribution in [3.63, 3.8) is 0 Å². The SMILES string of the molecule is CCc1ccc(CC(=O)c2ccc(F)c(Br)c2)cc1. The van der Waals surface area contributed by atoms with E-state index in [9.17, 15) is 9.18 Å². The molecule has 2 aromatic rings. The molecule has 19 heavy (non-hydrogen) atoms. The third kappa shape index (κ3) is 3.51. The molecule has 0 aliphatic carbocycles. The van der Waals surface area contributed by atoms with Crippen molar-refractivity contribution in [2.24, 2.45) is 0 Å². The monoisotopic (exact) mass is 320 g/mol. The van der Waals surface area contributed by atoms with Crippen LogP contribution >= 0.6 is 15.9 Å². The summed E-state index contributed by atoms with van der Waals surface area (Å²) in [4.78, 5) is 12.1. The van der Waals surface area contributed by atoms with E-state index in [0.29, 0.717) is 16.5 Å². The van der Waals surface area contributed by atoms with Crippen LogP contribution in [-0.2, 0) is 12.8 Å². The summed E-state index contributed by atoms with van der Waals surface area (Å²) in [6.07, 6.45) is 1.32. The highest BCUT2D eigenvalue weighted by atomic mass is 79.9. The van der Waals surface area contributed by atoms with Crippen LogP contribution in [0.15, 0.2) is 46.9 Å². The molecule has 0 spiro atoms. The molecule has 0 atom stereocenters. The van der Waals surface area contributed by atoms with Gasteiger partial charge in [0, 0.05) is 12.0 Å². The summed E-state index contributed by atoms with van der Waals surface area (Å²) in [5.41, 5.74) is 2.75. The van der Waals surface area contributed by atoms with Crippen LogP contribution in [0, 0.1) is 5.82 Å². The standard InChI is InChI=1S/C16H14BrFO/c1-2-11-3-5-12(6-4-11)9-16(19)13-7-8-15(18)14(17)10-13/h3-8,10H,2,9H2,1H3. The molecule has 0 aromatic heterocycles. The van der Waals surface area contributed by atoms with E-state index in [1.165, 1.54) is 23.8 Å². The number of benzene rings is 2. The van der Waals surface area contributed by atoms with E-state index >= 15 is 0 Å². The first-order valence-corrected chi connectivity index (χ1v) is 6.95. The fraction of sp³-hybridized carbons (Fsp3) is 0.188. The number of aryl methyl sites for hydroxylation is 1. The first-order valence-electron chi connectivity index (χ1n) is 6.16. The van der Waals surface area contributed by atoms with Gasteiger partial charge in [-0.15, -0.1) is 0 Å². The first-order chi connectivity index (χ1) is 9.10. The Balaban J connectivity index is 2.13. The van der Waals surface area contributed by atoms with E-state index in [-0.39, 0.29) is 11.6 Å².